The Bertz CT molecular complexity index is 1260. The summed E-state index contributed by atoms with van der Waals surface area (Å²) >= 11 is 0. The van der Waals surface area contributed by atoms with Crippen LogP contribution in [0.4, 0.5) is 8.78 Å². The first-order valence-electron chi connectivity index (χ1n) is 10.2. The Kier molecular flexibility index (Phi) is 7.79. The van der Waals surface area contributed by atoms with Gasteiger partial charge in [0.25, 0.3) is 0 Å². The number of fused-ring (bicyclic) bond motifs is 1. The van der Waals surface area contributed by atoms with Crippen LogP contribution in [0.2, 0.25) is 0 Å². The van der Waals surface area contributed by atoms with Crippen LogP contribution in [0.3, 0.4) is 0 Å². The van der Waals surface area contributed by atoms with Crippen molar-refractivity contribution in [1.29, 1.82) is 0 Å². The maximum Gasteiger partial charge on any atom is 0.182 e. The second kappa shape index (κ2) is 10.6. The molecule has 2 heterocycles. The predicted molar refractivity (Wildman–Crippen MR) is 123 cm³/mol. The molecule has 172 valence electrons. The number of aliphatic hydroxyl groups is 1. The van der Waals surface area contributed by atoms with Crippen molar-refractivity contribution in [2.45, 2.75) is 25.9 Å². The van der Waals surface area contributed by atoms with Gasteiger partial charge in [0, 0.05) is 24.1 Å². The van der Waals surface area contributed by atoms with E-state index in [0.29, 0.717) is 33.9 Å². The lowest BCUT2D eigenvalue weighted by molar-refractivity contribution is 0.0953. The lowest BCUT2D eigenvalue weighted by atomic mass is 9.93. The van der Waals surface area contributed by atoms with Gasteiger partial charge in [-0.3, -0.25) is 9.20 Å². The first kappa shape index (κ1) is 24.4. The summed E-state index contributed by atoms with van der Waals surface area (Å²) in [4.78, 5) is 17.6. The van der Waals surface area contributed by atoms with Crippen LogP contribution in [0.5, 0.6) is 5.75 Å². The molecule has 2 aromatic heterocycles. The normalized spacial score (nSPS) is 11.8. The summed E-state index contributed by atoms with van der Waals surface area (Å²) in [5.41, 5.74) is 2.46. The van der Waals surface area contributed by atoms with Gasteiger partial charge in [0.15, 0.2) is 17.2 Å². The van der Waals surface area contributed by atoms with Gasteiger partial charge in [0.05, 0.1) is 12.3 Å². The topological polar surface area (TPSA) is 63.8 Å². The maximum atomic E-state index is 13.9. The number of halogens is 3. The Morgan fingerprint density at radius 1 is 1.09 bits per heavy atom. The van der Waals surface area contributed by atoms with E-state index < -0.39 is 5.92 Å². The third-order valence-electron chi connectivity index (χ3n) is 5.39. The summed E-state index contributed by atoms with van der Waals surface area (Å²) in [6, 6.07) is 15.6. The molecule has 0 radical (unpaired) electrons. The number of pyridine rings is 1. The molecule has 8 heteroatoms. The van der Waals surface area contributed by atoms with Gasteiger partial charge in [0.2, 0.25) is 0 Å². The number of carbonyl (C=O) groups is 1. The van der Waals surface area contributed by atoms with E-state index in [1.165, 1.54) is 18.2 Å². The fourth-order valence-corrected chi connectivity index (χ4v) is 3.72. The number of imidazole rings is 1. The van der Waals surface area contributed by atoms with Crippen molar-refractivity contribution in [2.24, 2.45) is 0 Å². The Morgan fingerprint density at radius 2 is 1.82 bits per heavy atom. The number of ether oxygens (including phenoxy) is 1. The van der Waals surface area contributed by atoms with Gasteiger partial charge in [-0.25, -0.2) is 13.8 Å². The highest BCUT2D eigenvalue weighted by Crippen LogP contribution is 2.27. The van der Waals surface area contributed by atoms with E-state index in [2.05, 4.69) is 4.98 Å². The van der Waals surface area contributed by atoms with Crippen LogP contribution in [0.15, 0.2) is 66.9 Å². The number of Topliss-reactive ketones (excluding diaryl/α,β-unsaturated/α-hetero) is 1. The zero-order chi connectivity index (χ0) is 22.7. The number of aromatic nitrogens is 2. The van der Waals surface area contributed by atoms with Gasteiger partial charge in [-0.05, 0) is 42.8 Å². The molecule has 0 saturated carbocycles. The van der Waals surface area contributed by atoms with Crippen molar-refractivity contribution in [3.8, 4) is 5.75 Å². The third-order valence-corrected chi connectivity index (χ3v) is 5.39. The highest BCUT2D eigenvalue weighted by atomic mass is 35.5. The summed E-state index contributed by atoms with van der Waals surface area (Å²) in [7, 11) is 0. The molecule has 4 rings (SSSR count). The van der Waals surface area contributed by atoms with Gasteiger partial charge >= 0.3 is 0 Å². The number of benzene rings is 2. The second-order valence-corrected chi connectivity index (χ2v) is 7.55. The zero-order valence-corrected chi connectivity index (χ0v) is 18.7. The number of hydrogen-bond acceptors (Lipinski definition) is 4. The molecular weight excluding hydrogens is 450 g/mol. The van der Waals surface area contributed by atoms with E-state index in [0.717, 1.165) is 0 Å². The molecule has 0 bridgehead atoms. The van der Waals surface area contributed by atoms with Crippen LogP contribution in [0.25, 0.3) is 5.65 Å². The molecule has 1 N–H and O–H groups in total. The molecule has 0 spiro atoms. The van der Waals surface area contributed by atoms with Gasteiger partial charge in [-0.1, -0.05) is 30.3 Å². The van der Waals surface area contributed by atoms with Crippen molar-refractivity contribution < 1.29 is 23.4 Å². The van der Waals surface area contributed by atoms with Crippen LogP contribution < -0.4 is 4.74 Å². The molecule has 0 aliphatic carbocycles. The number of aryl methyl sites for hydroxylation is 1. The Labute approximate surface area is 196 Å². The van der Waals surface area contributed by atoms with Crippen molar-refractivity contribution in [2.75, 3.05) is 6.61 Å². The number of rotatable bonds is 8. The molecule has 33 heavy (non-hydrogen) atoms. The lowest BCUT2D eigenvalue weighted by Gasteiger charge is -2.14. The van der Waals surface area contributed by atoms with Crippen molar-refractivity contribution >= 4 is 23.8 Å². The second-order valence-electron chi connectivity index (χ2n) is 7.55. The highest BCUT2D eigenvalue weighted by molar-refractivity contribution is 5.97. The number of carbonyl (C=O) groups excluding carboxylic acids is 1. The highest BCUT2D eigenvalue weighted by Gasteiger charge is 2.23. The number of hydrogen-bond donors (Lipinski definition) is 1. The average molecular weight is 473 g/mol. The Balaban J connectivity index is 0.00000306. The van der Waals surface area contributed by atoms with E-state index >= 15 is 0 Å². The van der Waals surface area contributed by atoms with E-state index in [1.54, 1.807) is 60.0 Å². The van der Waals surface area contributed by atoms with E-state index in [9.17, 15) is 18.7 Å². The average Bonchev–Trinajstić information content (AvgIpc) is 3.14. The summed E-state index contributed by atoms with van der Waals surface area (Å²) in [5, 5.41) is 9.80. The van der Waals surface area contributed by atoms with E-state index in [4.69, 9.17) is 4.74 Å². The SMILES string of the molecule is Cc1nc2c(OCc3ccccc3F)cccn2c1C(=O)C[C@@H](CO)c1ccc(F)cc1.Cl. The zero-order valence-electron chi connectivity index (χ0n) is 17.9. The largest absolute Gasteiger partial charge is 0.485 e. The molecule has 0 aliphatic rings. The van der Waals surface area contributed by atoms with Crippen LogP contribution in [-0.4, -0.2) is 26.9 Å². The van der Waals surface area contributed by atoms with E-state index in [1.807, 2.05) is 0 Å². The number of nitrogens with zero attached hydrogens (tertiary/aromatic N) is 2. The van der Waals surface area contributed by atoms with Gasteiger partial charge < -0.3 is 9.84 Å². The molecule has 4 aromatic rings. The molecule has 1 atom stereocenters. The van der Waals surface area contributed by atoms with Crippen LogP contribution in [-0.2, 0) is 6.61 Å². The van der Waals surface area contributed by atoms with E-state index in [-0.39, 0.29) is 49.5 Å². The number of aliphatic hydroxyl groups excluding tert-OH is 1. The van der Waals surface area contributed by atoms with Crippen molar-refractivity contribution in [3.05, 3.63) is 101 Å². The summed E-state index contributed by atoms with van der Waals surface area (Å²) in [6.07, 6.45) is 1.75. The summed E-state index contributed by atoms with van der Waals surface area (Å²) < 4.78 is 34.6. The van der Waals surface area contributed by atoms with Crippen LogP contribution >= 0.6 is 12.4 Å². The monoisotopic (exact) mass is 472 g/mol. The minimum absolute atomic E-state index is 0. The predicted octanol–water partition coefficient (Wildman–Crippen LogP) is 5.27. The summed E-state index contributed by atoms with van der Waals surface area (Å²) in [6.45, 7) is 1.51. The fraction of sp³-hybridized carbons (Fsp3) is 0.200. The third kappa shape index (κ3) is 5.21. The van der Waals surface area contributed by atoms with Crippen molar-refractivity contribution in [1.82, 2.24) is 9.38 Å². The molecule has 0 fully saturated rings. The smallest absolute Gasteiger partial charge is 0.182 e. The quantitative estimate of drug-likeness (QED) is 0.355. The van der Waals surface area contributed by atoms with Gasteiger partial charge in [0.1, 0.15) is 23.9 Å². The minimum atomic E-state index is -0.464. The molecule has 0 unspecified atom stereocenters. The standard InChI is InChI=1S/C25H22F2N2O3.ClH/c1-16-24(22(31)13-19(14-30)17-8-10-20(26)11-9-17)29-12-4-7-23(25(29)28-16)32-15-18-5-2-3-6-21(18)27;/h2-12,19,30H,13-15H2,1H3;1H/t19-;/m0./s1. The number of ketones is 1. The molecular formula is C25H23ClF2N2O3. The van der Waals surface area contributed by atoms with Crippen LogP contribution in [0.1, 0.15) is 39.6 Å². The van der Waals surface area contributed by atoms with Crippen molar-refractivity contribution in [3.63, 3.8) is 0 Å². The first-order valence-corrected chi connectivity index (χ1v) is 10.2. The van der Waals surface area contributed by atoms with Gasteiger partial charge in [-0.2, -0.15) is 0 Å². The summed E-state index contributed by atoms with van der Waals surface area (Å²) in [5.74, 6) is -0.976. The Hall–Kier alpha value is -3.29. The molecule has 0 aliphatic heterocycles. The molecule has 5 nitrogen and oxygen atoms in total. The molecule has 0 saturated heterocycles. The van der Waals surface area contributed by atoms with Gasteiger partial charge in [-0.15, -0.1) is 12.4 Å². The van der Waals surface area contributed by atoms with Crippen LogP contribution in [0, 0.1) is 18.6 Å². The molecule has 0 amide bonds. The maximum absolute atomic E-state index is 13.9. The minimum Gasteiger partial charge on any atom is -0.485 e. The first-order chi connectivity index (χ1) is 15.5. The Morgan fingerprint density at radius 3 is 2.52 bits per heavy atom. The molecule has 2 aromatic carbocycles. The fourth-order valence-electron chi connectivity index (χ4n) is 3.72. The lowest BCUT2D eigenvalue weighted by Crippen LogP contribution is -2.14.